The first-order valence-electron chi connectivity index (χ1n) is 11.1. The van der Waals surface area contributed by atoms with Gasteiger partial charge in [0.25, 0.3) is 0 Å². The molecule has 0 radical (unpaired) electrons. The van der Waals surface area contributed by atoms with Crippen LogP contribution in [0.4, 0.5) is 5.82 Å². The third kappa shape index (κ3) is 8.14. The van der Waals surface area contributed by atoms with Crippen LogP contribution in [0.5, 0.6) is 0 Å². The van der Waals surface area contributed by atoms with E-state index in [4.69, 9.17) is 37.4 Å². The first kappa shape index (κ1) is 32.0. The number of ether oxygens (including phenoxy) is 1. The molecule has 3 aromatic rings. The molecule has 0 aromatic carbocycles. The molecule has 0 bridgehead atoms. The van der Waals surface area contributed by atoms with Crippen molar-refractivity contribution < 1.29 is 44.8 Å². The number of hydrogen-bond acceptors (Lipinski definition) is 15. The van der Waals surface area contributed by atoms with Gasteiger partial charge in [-0.15, -0.1) is 11.8 Å². The first-order chi connectivity index (χ1) is 18.9. The zero-order chi connectivity index (χ0) is 30.0. The van der Waals surface area contributed by atoms with Gasteiger partial charge in [-0.2, -0.15) is 0 Å². The lowest BCUT2D eigenvalue weighted by Crippen LogP contribution is -2.37. The van der Waals surface area contributed by atoms with Crippen molar-refractivity contribution in [2.24, 2.45) is 16.7 Å². The maximum atomic E-state index is 10.5. The summed E-state index contributed by atoms with van der Waals surface area (Å²) in [7, 11) is 0. The number of aliphatic hydroxyl groups is 3. The second-order valence-electron chi connectivity index (χ2n) is 7.84. The number of nitrogens with two attached hydrogens (primary N) is 3. The van der Waals surface area contributed by atoms with Gasteiger partial charge in [-0.05, 0) is 18.4 Å². The van der Waals surface area contributed by atoms with Crippen molar-refractivity contribution in [3.8, 4) is 0 Å². The fourth-order valence-electron chi connectivity index (χ4n) is 3.11. The fraction of sp³-hybridized carbons (Fsp3) is 0.400. The number of carboxylic acid groups (broad SMARTS) is 1. The van der Waals surface area contributed by atoms with E-state index in [1.165, 1.54) is 42.7 Å². The summed E-state index contributed by atoms with van der Waals surface area (Å²) in [6, 6.07) is 1.73. The lowest BCUT2D eigenvalue weighted by atomic mass is 10.1. The topological polar surface area (TPSA) is 318 Å². The highest BCUT2D eigenvalue weighted by molar-refractivity contribution is 7.98. The number of primary amides is 1. The molecule has 4 rings (SSSR count). The number of anilines is 1. The van der Waals surface area contributed by atoms with E-state index in [-0.39, 0.29) is 11.5 Å². The molecule has 11 N–H and O–H groups in total. The highest BCUT2D eigenvalue weighted by Gasteiger charge is 2.44. The van der Waals surface area contributed by atoms with Gasteiger partial charge in [0, 0.05) is 6.20 Å². The molecule has 218 valence electrons. The predicted molar refractivity (Wildman–Crippen MR) is 136 cm³/mol. The molecule has 0 unspecified atom stereocenters. The van der Waals surface area contributed by atoms with Crippen molar-refractivity contribution in [3.63, 3.8) is 0 Å². The van der Waals surface area contributed by atoms with Crippen LogP contribution in [0.25, 0.3) is 11.2 Å². The van der Waals surface area contributed by atoms with Crippen LogP contribution in [0.15, 0.2) is 41.3 Å². The molecule has 0 saturated carbocycles. The average molecular weight is 585 g/mol. The van der Waals surface area contributed by atoms with Gasteiger partial charge < -0.3 is 52.8 Å². The maximum Gasteiger partial charge on any atom is 0.327 e. The first-order valence-corrected chi connectivity index (χ1v) is 12.3. The minimum atomic E-state index is -1.33. The smallest absolute Gasteiger partial charge is 0.327 e. The molecule has 1 saturated heterocycles. The summed E-state index contributed by atoms with van der Waals surface area (Å²) < 4.78 is 7.01. The summed E-state index contributed by atoms with van der Waals surface area (Å²) in [5.74, 6) is -1.43. The highest BCUT2D eigenvalue weighted by Crippen LogP contribution is 2.32. The number of carboxylic acids is 1. The normalized spacial score (nSPS) is 21.1. The third-order valence-corrected chi connectivity index (χ3v) is 5.84. The van der Waals surface area contributed by atoms with Gasteiger partial charge in [0.1, 0.15) is 41.0 Å². The van der Waals surface area contributed by atoms with Crippen molar-refractivity contribution in [1.29, 1.82) is 0 Å². The molecule has 20 heteroatoms. The number of fused-ring (bicyclic) bond motifs is 1. The van der Waals surface area contributed by atoms with Crippen molar-refractivity contribution >= 4 is 40.6 Å². The summed E-state index contributed by atoms with van der Waals surface area (Å²) in [6.45, 7) is -0.932. The number of aromatic nitrogens is 5. The van der Waals surface area contributed by atoms with Crippen molar-refractivity contribution in [2.75, 3.05) is 25.1 Å². The van der Waals surface area contributed by atoms with Crippen LogP contribution in [0, 0.1) is 5.21 Å². The number of nitrogens with zero attached hydrogens (tertiary/aromatic N) is 7. The van der Waals surface area contributed by atoms with E-state index in [2.05, 4.69) is 25.2 Å². The molecule has 1 aliphatic rings. The lowest BCUT2D eigenvalue weighted by molar-refractivity contribution is -0.556. The largest absolute Gasteiger partial charge is 0.597 e. The Labute approximate surface area is 229 Å². The minimum Gasteiger partial charge on any atom is -0.597 e. The monoisotopic (exact) mass is 584 g/mol. The Bertz CT molecular complexity index is 1310. The number of carbonyl (C=O) groups excluding carboxylic acids is 1. The van der Waals surface area contributed by atoms with Crippen LogP contribution in [-0.2, 0) is 9.53 Å². The van der Waals surface area contributed by atoms with Gasteiger partial charge in [0.05, 0.1) is 18.5 Å². The standard InChI is InChI=1S/C11H14N4O4S.C6H7N3O.C3H7N3O4/c1-20-10-6-9(12-3-13-10)15(4-14-6)11-8(18)7(17)5(2-16)19-11;7-5-2-1-4(3-9-5)6(8)10;4-2(3(7)8)1-6(10)5-9/h3-5,7-8,11,16-18H,2H2,1H3;1-3H,(H2,7,9)(H2,8,10);2,9H,1,4H2,(H,7,8)/b;;6-5-/t5-,7-,8-,11-;;2-/m1.0/s1. The summed E-state index contributed by atoms with van der Waals surface area (Å²) >= 11 is 1.44. The van der Waals surface area contributed by atoms with E-state index in [0.717, 1.165) is 5.03 Å². The van der Waals surface area contributed by atoms with Gasteiger partial charge in [-0.3, -0.25) is 14.2 Å². The maximum absolute atomic E-state index is 10.5. The van der Waals surface area contributed by atoms with Crippen molar-refractivity contribution in [2.45, 2.75) is 35.6 Å². The zero-order valence-corrected chi connectivity index (χ0v) is 21.6. The van der Waals surface area contributed by atoms with E-state index in [1.54, 1.807) is 4.57 Å². The average Bonchev–Trinajstić information content (AvgIpc) is 3.49. The van der Waals surface area contributed by atoms with Crippen molar-refractivity contribution in [3.05, 3.63) is 41.8 Å². The third-order valence-electron chi connectivity index (χ3n) is 5.15. The number of hydroxylamine groups is 1. The quantitative estimate of drug-likeness (QED) is 0.0474. The Kier molecular flexibility index (Phi) is 11.8. The van der Waals surface area contributed by atoms with Gasteiger partial charge >= 0.3 is 5.97 Å². The fourth-order valence-corrected chi connectivity index (χ4v) is 3.60. The summed E-state index contributed by atoms with van der Waals surface area (Å²) in [4.78, 5) is 36.3. The number of aliphatic carboxylic acids is 1. The molecule has 0 aliphatic carbocycles. The van der Waals surface area contributed by atoms with Crippen LogP contribution in [0.2, 0.25) is 0 Å². The molecule has 1 fully saturated rings. The molecular formula is C20H28N10O9S. The molecule has 4 heterocycles. The molecular weight excluding hydrogens is 556 g/mol. The highest BCUT2D eigenvalue weighted by atomic mass is 32.2. The molecule has 5 atom stereocenters. The van der Waals surface area contributed by atoms with Crippen LogP contribution < -0.4 is 17.2 Å². The SMILES string of the molecule is CSc1ncnc2c1ncn2[C@@H]1O[C@H](CO)[C@@H](O)[C@H]1O.NC(=O)c1ccc(N)nc1.N[C@@H](C/[N+]([O-])=N/O)C(=O)O. The van der Waals surface area contributed by atoms with Crippen LogP contribution >= 0.6 is 11.8 Å². The second kappa shape index (κ2) is 14.8. The zero-order valence-electron chi connectivity index (χ0n) is 20.8. The molecule has 40 heavy (non-hydrogen) atoms. The number of imidazole rings is 1. The van der Waals surface area contributed by atoms with Crippen LogP contribution in [-0.4, -0.2) is 111 Å². The number of carbonyl (C=O) groups is 2. The molecule has 0 spiro atoms. The Hall–Kier alpha value is -4.21. The van der Waals surface area contributed by atoms with Gasteiger partial charge in [0.15, 0.2) is 23.2 Å². The predicted octanol–water partition coefficient (Wildman–Crippen LogP) is -2.33. The van der Waals surface area contributed by atoms with Gasteiger partial charge in [0.2, 0.25) is 12.5 Å². The van der Waals surface area contributed by atoms with E-state index < -0.39 is 49.0 Å². The van der Waals surface area contributed by atoms with E-state index in [0.29, 0.717) is 22.5 Å². The van der Waals surface area contributed by atoms with Crippen LogP contribution in [0.3, 0.4) is 0 Å². The number of thioether (sulfide) groups is 1. The number of amides is 1. The molecule has 1 aliphatic heterocycles. The number of rotatable bonds is 7. The van der Waals surface area contributed by atoms with E-state index in [1.807, 2.05) is 6.26 Å². The Morgan fingerprint density at radius 3 is 2.45 bits per heavy atom. The number of pyridine rings is 1. The lowest BCUT2D eigenvalue weighted by Gasteiger charge is -2.16. The number of aliphatic hydroxyl groups excluding tert-OH is 3. The van der Waals surface area contributed by atoms with Crippen LogP contribution in [0.1, 0.15) is 16.6 Å². The number of hydrogen-bond donors (Lipinski definition) is 8. The van der Waals surface area contributed by atoms with Gasteiger partial charge in [-0.25, -0.2) is 19.9 Å². The molecule has 1 amide bonds. The second-order valence-corrected chi connectivity index (χ2v) is 8.64. The Morgan fingerprint density at radius 1 is 1.25 bits per heavy atom. The van der Waals surface area contributed by atoms with E-state index >= 15 is 0 Å². The van der Waals surface area contributed by atoms with E-state index in [9.17, 15) is 25.0 Å². The Balaban J connectivity index is 0.000000237. The molecule has 3 aromatic heterocycles. The molecule has 19 nitrogen and oxygen atoms in total. The minimum absolute atomic E-state index is 0.210. The Morgan fingerprint density at radius 2 is 1.95 bits per heavy atom. The summed E-state index contributed by atoms with van der Waals surface area (Å²) in [5.41, 5.74) is 16.6. The van der Waals surface area contributed by atoms with Crippen molar-refractivity contribution in [1.82, 2.24) is 24.5 Å². The summed E-state index contributed by atoms with van der Waals surface area (Å²) in [6.07, 6.45) is 2.16. The number of nitrogen functional groups attached to an aromatic ring is 1. The van der Waals surface area contributed by atoms with Gasteiger partial charge in [-0.1, -0.05) is 4.86 Å². The summed E-state index contributed by atoms with van der Waals surface area (Å²) in [5, 5.41) is 57.8.